The highest BCUT2D eigenvalue weighted by Gasteiger charge is 2.36. The van der Waals surface area contributed by atoms with Crippen molar-refractivity contribution < 1.29 is 9.29 Å². The Morgan fingerprint density at radius 3 is 3.08 bits per heavy atom. The summed E-state index contributed by atoms with van der Waals surface area (Å²) in [7, 11) is 0. The summed E-state index contributed by atoms with van der Waals surface area (Å²) in [4.78, 5) is 12.3. The van der Waals surface area contributed by atoms with Gasteiger partial charge in [-0.3, -0.25) is 9.97 Å². The number of nitrogens with one attached hydrogen (secondary N) is 1. The lowest BCUT2D eigenvalue weighted by molar-refractivity contribution is 0.359. The maximum absolute atomic E-state index is 13.2. The molecule has 0 bridgehead atoms. The van der Waals surface area contributed by atoms with Crippen molar-refractivity contribution in [3.05, 3.63) is 47.3 Å². The number of pyridine rings is 1. The van der Waals surface area contributed by atoms with Gasteiger partial charge in [0.25, 0.3) is 0 Å². The average Bonchev–Trinajstić information content (AvgIpc) is 3.10. The fourth-order valence-corrected chi connectivity index (χ4v) is 4.91. The molecule has 1 N–H and O–H groups in total. The van der Waals surface area contributed by atoms with Gasteiger partial charge in [-0.2, -0.15) is 4.98 Å². The minimum absolute atomic E-state index is 0.201. The number of benzene rings is 1. The number of para-hydroxylation sites is 2. The molecule has 0 spiro atoms. The molecule has 132 valence electrons. The Labute approximate surface area is 155 Å². The molecule has 5 nitrogen and oxygen atoms in total. The Morgan fingerprint density at radius 2 is 2.27 bits per heavy atom. The number of aryl methyl sites for hydroxylation is 1. The Kier molecular flexibility index (Phi) is 4.58. The summed E-state index contributed by atoms with van der Waals surface area (Å²) in [5.41, 5.74) is 4.53. The van der Waals surface area contributed by atoms with E-state index >= 15 is 0 Å². The van der Waals surface area contributed by atoms with Crippen molar-refractivity contribution in [1.29, 1.82) is 0 Å². The number of hydrogen-bond donors (Lipinski definition) is 1. The number of terminal acetylenes is 1. The van der Waals surface area contributed by atoms with Crippen molar-refractivity contribution in [2.45, 2.75) is 36.6 Å². The summed E-state index contributed by atoms with van der Waals surface area (Å²) in [6.45, 7) is 2.17. The quantitative estimate of drug-likeness (QED) is 0.567. The highest BCUT2D eigenvalue weighted by Crippen LogP contribution is 2.41. The molecule has 0 amide bonds. The molecular weight excluding hydrogens is 346 g/mol. The highest BCUT2D eigenvalue weighted by molar-refractivity contribution is 7.91. The van der Waals surface area contributed by atoms with Crippen LogP contribution in [0.25, 0.3) is 11.0 Å². The Balaban J connectivity index is 1.72. The molecule has 0 fully saturated rings. The second kappa shape index (κ2) is 7.02. The number of nitrogens with zero attached hydrogens (tertiary/aromatic N) is 2. The Bertz CT molecular complexity index is 959. The third-order valence-electron chi connectivity index (χ3n) is 4.65. The van der Waals surface area contributed by atoms with Gasteiger partial charge < -0.3 is 9.29 Å². The summed E-state index contributed by atoms with van der Waals surface area (Å²) in [5, 5.41) is 0.297. The van der Waals surface area contributed by atoms with Crippen LogP contribution in [0, 0.1) is 19.3 Å². The van der Waals surface area contributed by atoms with Gasteiger partial charge in [-0.05, 0) is 31.9 Å². The standard InChI is InChI=1S/C20H19N3O2S/c1-3-11-25-19-13(2)12-21-18-14(19)7-6-10-17(18)26(24)20-22-15-8-4-5-9-16(15)23-20/h1,4-5,8-9,12,17H,6-7,10-11H2,2H3,(H,22,23). The predicted molar refractivity (Wildman–Crippen MR) is 101 cm³/mol. The van der Waals surface area contributed by atoms with Gasteiger partial charge in [0.05, 0.1) is 16.7 Å². The molecule has 1 aromatic carbocycles. The lowest BCUT2D eigenvalue weighted by Gasteiger charge is -2.27. The second-order valence-corrected chi connectivity index (χ2v) is 7.91. The average molecular weight is 365 g/mol. The van der Waals surface area contributed by atoms with Crippen LogP contribution in [0.2, 0.25) is 0 Å². The first-order chi connectivity index (χ1) is 12.7. The summed E-state index contributed by atoms with van der Waals surface area (Å²) < 4.78 is 19.0. The van der Waals surface area contributed by atoms with Crippen molar-refractivity contribution in [2.24, 2.45) is 0 Å². The van der Waals surface area contributed by atoms with Crippen molar-refractivity contribution in [3.8, 4) is 18.1 Å². The molecule has 0 radical (unpaired) electrons. The van der Waals surface area contributed by atoms with Crippen molar-refractivity contribution in [2.75, 3.05) is 6.61 Å². The lowest BCUT2D eigenvalue weighted by atomic mass is 9.93. The van der Waals surface area contributed by atoms with E-state index in [0.717, 1.165) is 52.9 Å². The second-order valence-electron chi connectivity index (χ2n) is 6.36. The number of aromatic nitrogens is 3. The third kappa shape index (κ3) is 2.94. The Hall–Kier alpha value is -2.49. The molecule has 2 unspecified atom stereocenters. The largest absolute Gasteiger partial charge is 0.608 e. The van der Waals surface area contributed by atoms with Crippen LogP contribution >= 0.6 is 0 Å². The molecular formula is C20H19N3O2S. The van der Waals surface area contributed by atoms with Crippen LogP contribution in [0.1, 0.15) is 34.9 Å². The molecule has 0 saturated heterocycles. The fraction of sp³-hybridized carbons (Fsp3) is 0.300. The molecule has 26 heavy (non-hydrogen) atoms. The minimum Gasteiger partial charge on any atom is -0.608 e. The fourth-order valence-electron chi connectivity index (χ4n) is 3.46. The van der Waals surface area contributed by atoms with Crippen LogP contribution in [0.15, 0.2) is 35.6 Å². The minimum atomic E-state index is -1.31. The maximum Gasteiger partial charge on any atom is 0.322 e. The van der Waals surface area contributed by atoms with Gasteiger partial charge in [0.1, 0.15) is 12.4 Å². The van der Waals surface area contributed by atoms with Gasteiger partial charge in [-0.15, -0.1) is 6.42 Å². The van der Waals surface area contributed by atoms with E-state index in [0.29, 0.717) is 5.16 Å². The van der Waals surface area contributed by atoms with E-state index in [1.807, 2.05) is 31.2 Å². The number of H-pyrrole nitrogens is 1. The number of fused-ring (bicyclic) bond motifs is 2. The van der Waals surface area contributed by atoms with Gasteiger partial charge in [0.2, 0.25) is 0 Å². The van der Waals surface area contributed by atoms with Gasteiger partial charge in [-0.1, -0.05) is 18.1 Å². The zero-order chi connectivity index (χ0) is 18.1. The van der Waals surface area contributed by atoms with E-state index in [4.69, 9.17) is 11.2 Å². The summed E-state index contributed by atoms with van der Waals surface area (Å²) in [6, 6.07) is 7.70. The molecule has 2 heterocycles. The summed E-state index contributed by atoms with van der Waals surface area (Å²) >= 11 is -1.31. The van der Waals surface area contributed by atoms with Gasteiger partial charge in [-0.25, -0.2) is 0 Å². The number of hydrogen-bond acceptors (Lipinski definition) is 4. The monoisotopic (exact) mass is 365 g/mol. The zero-order valence-corrected chi connectivity index (χ0v) is 15.3. The van der Waals surface area contributed by atoms with Crippen molar-refractivity contribution >= 4 is 22.2 Å². The summed E-state index contributed by atoms with van der Waals surface area (Å²) in [6.07, 6.45) is 9.71. The molecule has 2 aromatic heterocycles. The third-order valence-corrected chi connectivity index (χ3v) is 6.20. The predicted octanol–water partition coefficient (Wildman–Crippen LogP) is 3.46. The molecule has 4 rings (SSSR count). The molecule has 2 atom stereocenters. The van der Waals surface area contributed by atoms with Crippen LogP contribution in [-0.2, 0) is 17.6 Å². The van der Waals surface area contributed by atoms with Crippen LogP contribution in [0.5, 0.6) is 5.75 Å². The number of ether oxygens (including phenoxy) is 1. The van der Waals surface area contributed by atoms with E-state index in [-0.39, 0.29) is 11.9 Å². The SMILES string of the molecule is C#CCOc1c(C)cnc2c1CCCC2[S+]([O-])c1nc2ccccc2[nH]1. The smallest absolute Gasteiger partial charge is 0.322 e. The molecule has 1 aliphatic rings. The molecule has 1 aliphatic carbocycles. The number of aromatic amines is 1. The van der Waals surface area contributed by atoms with E-state index in [2.05, 4.69) is 20.9 Å². The first-order valence-corrected chi connectivity index (χ1v) is 9.80. The first kappa shape index (κ1) is 17.0. The van der Waals surface area contributed by atoms with Crippen molar-refractivity contribution in [3.63, 3.8) is 0 Å². The number of imidazole rings is 1. The van der Waals surface area contributed by atoms with E-state index in [1.54, 1.807) is 6.20 Å². The van der Waals surface area contributed by atoms with Gasteiger partial charge in [0.15, 0.2) is 5.25 Å². The van der Waals surface area contributed by atoms with Crippen molar-refractivity contribution in [1.82, 2.24) is 15.0 Å². The first-order valence-electron chi connectivity index (χ1n) is 8.59. The molecule has 0 aliphatic heterocycles. The van der Waals surface area contributed by atoms with Crippen LogP contribution in [0.3, 0.4) is 0 Å². The molecule has 3 aromatic rings. The lowest BCUT2D eigenvalue weighted by Crippen LogP contribution is -2.22. The van der Waals surface area contributed by atoms with Crippen LogP contribution < -0.4 is 4.74 Å². The van der Waals surface area contributed by atoms with Crippen LogP contribution in [0.4, 0.5) is 0 Å². The summed E-state index contributed by atoms with van der Waals surface area (Å²) in [5.74, 6) is 3.30. The maximum atomic E-state index is 13.2. The zero-order valence-electron chi connectivity index (χ0n) is 14.5. The molecule has 6 heteroatoms. The number of rotatable bonds is 4. The normalized spacial score (nSPS) is 17.5. The Morgan fingerprint density at radius 1 is 1.42 bits per heavy atom. The highest BCUT2D eigenvalue weighted by atomic mass is 32.2. The topological polar surface area (TPSA) is 73.9 Å². The van der Waals surface area contributed by atoms with E-state index in [1.165, 1.54) is 0 Å². The van der Waals surface area contributed by atoms with E-state index in [9.17, 15) is 4.55 Å². The van der Waals surface area contributed by atoms with Crippen LogP contribution in [-0.4, -0.2) is 26.1 Å². The van der Waals surface area contributed by atoms with E-state index < -0.39 is 11.2 Å². The van der Waals surface area contributed by atoms with Gasteiger partial charge in [0, 0.05) is 34.9 Å². The molecule has 0 saturated carbocycles. The van der Waals surface area contributed by atoms with Gasteiger partial charge >= 0.3 is 5.16 Å².